The van der Waals surface area contributed by atoms with E-state index in [1.165, 1.54) is 12.1 Å². The molecule has 1 aromatic carbocycles. The molecule has 2 aromatic rings. The number of benzene rings is 1. The Labute approximate surface area is 112 Å². The summed E-state index contributed by atoms with van der Waals surface area (Å²) in [7, 11) is 0. The quantitative estimate of drug-likeness (QED) is 0.807. The van der Waals surface area contributed by atoms with Gasteiger partial charge in [0.1, 0.15) is 17.3 Å². The number of hydrogen-bond donors (Lipinski definition) is 1. The van der Waals surface area contributed by atoms with E-state index in [0.29, 0.717) is 18.0 Å². The molecule has 2 rings (SSSR count). The molecule has 4 heteroatoms. The first-order chi connectivity index (χ1) is 9.28. The molecule has 0 aliphatic carbocycles. The molecule has 3 nitrogen and oxygen atoms in total. The standard InChI is InChI=1S/C15H17FN2O/c1-2-7-17-11-13-10-15(6-8-18-13)19-14-5-3-4-12(16)9-14/h3-6,8-10,17H,2,7,11H2,1H3. The summed E-state index contributed by atoms with van der Waals surface area (Å²) in [4.78, 5) is 4.25. The molecule has 0 amide bonds. The fourth-order valence-electron chi connectivity index (χ4n) is 1.68. The van der Waals surface area contributed by atoms with Crippen molar-refractivity contribution >= 4 is 0 Å². The van der Waals surface area contributed by atoms with E-state index in [2.05, 4.69) is 17.2 Å². The summed E-state index contributed by atoms with van der Waals surface area (Å²) in [5.41, 5.74) is 0.905. The Morgan fingerprint density at radius 2 is 2.05 bits per heavy atom. The van der Waals surface area contributed by atoms with E-state index in [-0.39, 0.29) is 5.82 Å². The average Bonchev–Trinajstić information content (AvgIpc) is 2.39. The van der Waals surface area contributed by atoms with E-state index in [1.807, 2.05) is 6.07 Å². The minimum absolute atomic E-state index is 0.309. The molecule has 0 atom stereocenters. The third kappa shape index (κ3) is 4.34. The van der Waals surface area contributed by atoms with Gasteiger partial charge in [-0.15, -0.1) is 0 Å². The summed E-state index contributed by atoms with van der Waals surface area (Å²) in [6.45, 7) is 3.77. The molecule has 0 spiro atoms. The number of hydrogen-bond acceptors (Lipinski definition) is 3. The molecular formula is C15H17FN2O. The normalized spacial score (nSPS) is 10.4. The number of aromatic nitrogens is 1. The molecule has 19 heavy (non-hydrogen) atoms. The molecule has 100 valence electrons. The number of rotatable bonds is 6. The second kappa shape index (κ2) is 6.85. The fraction of sp³-hybridized carbons (Fsp3) is 0.267. The highest BCUT2D eigenvalue weighted by Gasteiger charge is 2.01. The number of nitrogens with zero attached hydrogens (tertiary/aromatic N) is 1. The van der Waals surface area contributed by atoms with Crippen LogP contribution < -0.4 is 10.1 Å². The van der Waals surface area contributed by atoms with Crippen molar-refractivity contribution in [2.45, 2.75) is 19.9 Å². The summed E-state index contributed by atoms with van der Waals surface area (Å²) in [6.07, 6.45) is 2.77. The number of pyridine rings is 1. The Morgan fingerprint density at radius 1 is 1.21 bits per heavy atom. The lowest BCUT2D eigenvalue weighted by atomic mass is 10.3. The molecule has 1 N–H and O–H groups in total. The predicted molar refractivity (Wildman–Crippen MR) is 72.7 cm³/mol. The molecule has 0 unspecified atom stereocenters. The van der Waals surface area contributed by atoms with Gasteiger partial charge in [-0.3, -0.25) is 4.98 Å². The molecular weight excluding hydrogens is 243 g/mol. The molecule has 1 heterocycles. The van der Waals surface area contributed by atoms with Gasteiger partial charge in [0.2, 0.25) is 0 Å². The van der Waals surface area contributed by atoms with E-state index in [9.17, 15) is 4.39 Å². The zero-order valence-electron chi connectivity index (χ0n) is 10.9. The lowest BCUT2D eigenvalue weighted by Crippen LogP contribution is -2.14. The SMILES string of the molecule is CCCNCc1cc(Oc2cccc(F)c2)ccn1. The van der Waals surface area contributed by atoms with Crippen LogP contribution in [0.2, 0.25) is 0 Å². The van der Waals surface area contributed by atoms with Gasteiger partial charge in [-0.1, -0.05) is 13.0 Å². The molecule has 0 saturated carbocycles. The third-order valence-corrected chi connectivity index (χ3v) is 2.55. The van der Waals surface area contributed by atoms with Crippen LogP contribution in [-0.2, 0) is 6.54 Å². The monoisotopic (exact) mass is 260 g/mol. The zero-order valence-corrected chi connectivity index (χ0v) is 10.9. The van der Waals surface area contributed by atoms with Crippen LogP contribution in [0.1, 0.15) is 19.0 Å². The van der Waals surface area contributed by atoms with Gasteiger partial charge in [0.15, 0.2) is 0 Å². The van der Waals surface area contributed by atoms with Gasteiger partial charge in [-0.25, -0.2) is 4.39 Å². The van der Waals surface area contributed by atoms with Crippen molar-refractivity contribution in [1.29, 1.82) is 0 Å². The molecule has 0 fully saturated rings. The minimum atomic E-state index is -0.309. The lowest BCUT2D eigenvalue weighted by Gasteiger charge is -2.07. The highest BCUT2D eigenvalue weighted by Crippen LogP contribution is 2.21. The van der Waals surface area contributed by atoms with Gasteiger partial charge in [-0.2, -0.15) is 0 Å². The van der Waals surface area contributed by atoms with Crippen LogP contribution in [0.15, 0.2) is 42.6 Å². The largest absolute Gasteiger partial charge is 0.457 e. The van der Waals surface area contributed by atoms with Crippen LogP contribution in [0.5, 0.6) is 11.5 Å². The summed E-state index contributed by atoms with van der Waals surface area (Å²) >= 11 is 0. The van der Waals surface area contributed by atoms with E-state index >= 15 is 0 Å². The van der Waals surface area contributed by atoms with Crippen molar-refractivity contribution < 1.29 is 9.13 Å². The van der Waals surface area contributed by atoms with Gasteiger partial charge in [-0.05, 0) is 31.2 Å². The second-order valence-corrected chi connectivity index (χ2v) is 4.22. The summed E-state index contributed by atoms with van der Waals surface area (Å²) in [5.74, 6) is 0.837. The van der Waals surface area contributed by atoms with Gasteiger partial charge >= 0.3 is 0 Å². The van der Waals surface area contributed by atoms with Crippen LogP contribution in [0.3, 0.4) is 0 Å². The first-order valence-electron chi connectivity index (χ1n) is 6.37. The van der Waals surface area contributed by atoms with Gasteiger partial charge < -0.3 is 10.1 Å². The van der Waals surface area contributed by atoms with Crippen molar-refractivity contribution in [3.05, 3.63) is 54.1 Å². The van der Waals surface area contributed by atoms with Crippen molar-refractivity contribution in [1.82, 2.24) is 10.3 Å². The van der Waals surface area contributed by atoms with Crippen molar-refractivity contribution in [3.8, 4) is 11.5 Å². The summed E-state index contributed by atoms with van der Waals surface area (Å²) in [5, 5.41) is 3.27. The Bertz CT molecular complexity index is 531. The summed E-state index contributed by atoms with van der Waals surface area (Å²) < 4.78 is 18.7. The van der Waals surface area contributed by atoms with Gasteiger partial charge in [0, 0.05) is 24.9 Å². The topological polar surface area (TPSA) is 34.1 Å². The second-order valence-electron chi connectivity index (χ2n) is 4.22. The average molecular weight is 260 g/mol. The predicted octanol–water partition coefficient (Wildman–Crippen LogP) is 3.51. The smallest absolute Gasteiger partial charge is 0.130 e. The Morgan fingerprint density at radius 3 is 2.84 bits per heavy atom. The number of ether oxygens (including phenoxy) is 1. The van der Waals surface area contributed by atoms with E-state index < -0.39 is 0 Å². The maximum absolute atomic E-state index is 13.1. The van der Waals surface area contributed by atoms with Crippen molar-refractivity contribution in [2.75, 3.05) is 6.54 Å². The molecule has 0 bridgehead atoms. The van der Waals surface area contributed by atoms with Crippen LogP contribution in [-0.4, -0.2) is 11.5 Å². The first kappa shape index (κ1) is 13.5. The van der Waals surface area contributed by atoms with E-state index in [4.69, 9.17) is 4.74 Å². The van der Waals surface area contributed by atoms with E-state index in [1.54, 1.807) is 24.4 Å². The third-order valence-electron chi connectivity index (χ3n) is 2.55. The van der Waals surface area contributed by atoms with Crippen molar-refractivity contribution in [3.63, 3.8) is 0 Å². The molecule has 0 saturated heterocycles. The Kier molecular flexibility index (Phi) is 4.86. The molecule has 0 radical (unpaired) electrons. The lowest BCUT2D eigenvalue weighted by molar-refractivity contribution is 0.474. The summed E-state index contributed by atoms with van der Waals surface area (Å²) in [6, 6.07) is 9.70. The van der Waals surface area contributed by atoms with Crippen LogP contribution in [0, 0.1) is 5.82 Å². The van der Waals surface area contributed by atoms with Gasteiger partial charge in [0.05, 0.1) is 5.69 Å². The first-order valence-corrected chi connectivity index (χ1v) is 6.37. The number of nitrogens with one attached hydrogen (secondary N) is 1. The fourth-order valence-corrected chi connectivity index (χ4v) is 1.68. The Hall–Kier alpha value is -1.94. The molecule has 1 aromatic heterocycles. The molecule has 0 aliphatic heterocycles. The van der Waals surface area contributed by atoms with Crippen LogP contribution >= 0.6 is 0 Å². The van der Waals surface area contributed by atoms with Gasteiger partial charge in [0.25, 0.3) is 0 Å². The van der Waals surface area contributed by atoms with Crippen molar-refractivity contribution in [2.24, 2.45) is 0 Å². The number of halogens is 1. The highest BCUT2D eigenvalue weighted by molar-refractivity contribution is 5.31. The zero-order chi connectivity index (χ0) is 13.5. The minimum Gasteiger partial charge on any atom is -0.457 e. The van der Waals surface area contributed by atoms with E-state index in [0.717, 1.165) is 18.7 Å². The maximum Gasteiger partial charge on any atom is 0.130 e. The van der Waals surface area contributed by atoms with Crippen LogP contribution in [0.25, 0.3) is 0 Å². The molecule has 0 aliphatic rings. The maximum atomic E-state index is 13.1. The van der Waals surface area contributed by atoms with Crippen LogP contribution in [0.4, 0.5) is 4.39 Å². The Balaban J connectivity index is 2.02. The highest BCUT2D eigenvalue weighted by atomic mass is 19.1.